The lowest BCUT2D eigenvalue weighted by atomic mass is 9.97. The molecule has 0 aliphatic heterocycles. The van der Waals surface area contributed by atoms with E-state index in [4.69, 9.17) is 0 Å². The second-order valence-corrected chi connectivity index (χ2v) is 12.6. The van der Waals surface area contributed by atoms with Gasteiger partial charge < -0.3 is 4.57 Å². The molecule has 1 nitrogen and oxygen atoms in total. The average molecular weight is 366 g/mol. The van der Waals surface area contributed by atoms with Crippen LogP contribution >= 0.6 is 0 Å². The van der Waals surface area contributed by atoms with Gasteiger partial charge in [-0.25, -0.2) is 0 Å². The van der Waals surface area contributed by atoms with Gasteiger partial charge in [0.15, 0.2) is 0 Å². The summed E-state index contributed by atoms with van der Waals surface area (Å²) in [5, 5.41) is 0. The van der Waals surface area contributed by atoms with Gasteiger partial charge in [-0.1, -0.05) is 94.0 Å². The Balaban J connectivity index is 1.93. The standard InChI is InChI=1S/C24H35NSi/c1-7-25(8-2)26(5,6)19-9-10-22-13-17-24(18-14-22)21(4)23-15-11-20(3)12-16-23/h11-18H,4,7-10,19H2,1-3,5-6H3. The third kappa shape index (κ3) is 5.42. The summed E-state index contributed by atoms with van der Waals surface area (Å²) in [6.45, 7) is 18.4. The Morgan fingerprint density at radius 2 is 1.38 bits per heavy atom. The molecule has 0 aliphatic rings. The summed E-state index contributed by atoms with van der Waals surface area (Å²) < 4.78 is 2.70. The Hall–Kier alpha value is -1.64. The van der Waals surface area contributed by atoms with Crippen molar-refractivity contribution in [1.29, 1.82) is 0 Å². The molecule has 0 unspecified atom stereocenters. The van der Waals surface area contributed by atoms with Crippen molar-refractivity contribution in [2.45, 2.75) is 52.8 Å². The fourth-order valence-corrected chi connectivity index (χ4v) is 6.83. The molecule has 2 heteroatoms. The molecular formula is C24H35NSi. The summed E-state index contributed by atoms with van der Waals surface area (Å²) in [6.07, 6.45) is 2.46. The maximum absolute atomic E-state index is 4.29. The van der Waals surface area contributed by atoms with Crippen LogP contribution in [0.4, 0.5) is 0 Å². The van der Waals surface area contributed by atoms with Crippen LogP contribution in [0.5, 0.6) is 0 Å². The maximum atomic E-state index is 4.29. The predicted molar refractivity (Wildman–Crippen MR) is 119 cm³/mol. The van der Waals surface area contributed by atoms with Crippen LogP contribution < -0.4 is 0 Å². The number of hydrogen-bond acceptors (Lipinski definition) is 1. The van der Waals surface area contributed by atoms with Gasteiger partial charge in [-0.15, -0.1) is 0 Å². The Morgan fingerprint density at radius 1 is 0.885 bits per heavy atom. The van der Waals surface area contributed by atoms with E-state index < -0.39 is 8.24 Å². The Morgan fingerprint density at radius 3 is 1.88 bits per heavy atom. The van der Waals surface area contributed by atoms with Gasteiger partial charge in [-0.05, 0) is 54.7 Å². The van der Waals surface area contributed by atoms with Crippen LogP contribution in [0.3, 0.4) is 0 Å². The summed E-state index contributed by atoms with van der Waals surface area (Å²) >= 11 is 0. The molecule has 0 radical (unpaired) electrons. The predicted octanol–water partition coefficient (Wildman–Crippen LogP) is 6.54. The first-order valence-corrected chi connectivity index (χ1v) is 13.1. The molecule has 2 aromatic carbocycles. The van der Waals surface area contributed by atoms with E-state index in [0.717, 1.165) is 5.57 Å². The highest BCUT2D eigenvalue weighted by molar-refractivity contribution is 6.74. The van der Waals surface area contributed by atoms with E-state index in [9.17, 15) is 0 Å². The van der Waals surface area contributed by atoms with Gasteiger partial charge in [0.1, 0.15) is 8.24 Å². The maximum Gasteiger partial charge on any atom is 0.122 e. The number of benzene rings is 2. The molecule has 0 heterocycles. The van der Waals surface area contributed by atoms with E-state index in [1.165, 1.54) is 54.2 Å². The van der Waals surface area contributed by atoms with Gasteiger partial charge in [0.25, 0.3) is 0 Å². The van der Waals surface area contributed by atoms with Gasteiger partial charge in [-0.3, -0.25) is 0 Å². The molecule has 140 valence electrons. The molecule has 0 saturated heterocycles. The van der Waals surface area contributed by atoms with E-state index in [-0.39, 0.29) is 0 Å². The van der Waals surface area contributed by atoms with E-state index in [2.05, 4.69) is 93.5 Å². The minimum atomic E-state index is -1.24. The molecule has 0 aliphatic carbocycles. The average Bonchev–Trinajstić information content (AvgIpc) is 2.63. The van der Waals surface area contributed by atoms with Crippen molar-refractivity contribution in [3.63, 3.8) is 0 Å². The Labute approximate surface area is 161 Å². The van der Waals surface area contributed by atoms with Crippen molar-refractivity contribution in [2.24, 2.45) is 0 Å². The van der Waals surface area contributed by atoms with Crippen molar-refractivity contribution < 1.29 is 0 Å². The third-order valence-electron chi connectivity index (χ3n) is 5.58. The number of aryl methyl sites for hydroxylation is 2. The molecule has 26 heavy (non-hydrogen) atoms. The second kappa shape index (κ2) is 9.34. The van der Waals surface area contributed by atoms with Crippen LogP contribution in [0, 0.1) is 6.92 Å². The zero-order valence-corrected chi connectivity index (χ0v) is 18.3. The smallest absolute Gasteiger partial charge is 0.122 e. The lowest BCUT2D eigenvalue weighted by Crippen LogP contribution is -2.48. The summed E-state index contributed by atoms with van der Waals surface area (Å²) in [5.41, 5.74) is 6.25. The molecule has 0 aromatic heterocycles. The lowest BCUT2D eigenvalue weighted by molar-refractivity contribution is 0.463. The van der Waals surface area contributed by atoms with Gasteiger partial charge in [0.05, 0.1) is 0 Å². The fourth-order valence-electron chi connectivity index (χ4n) is 3.76. The molecule has 0 saturated carbocycles. The molecule has 0 N–H and O–H groups in total. The molecule has 0 spiro atoms. The van der Waals surface area contributed by atoms with Gasteiger partial charge in [0, 0.05) is 0 Å². The normalized spacial score (nSPS) is 11.8. The van der Waals surface area contributed by atoms with Crippen LogP contribution in [0.25, 0.3) is 5.57 Å². The van der Waals surface area contributed by atoms with Crippen molar-refractivity contribution in [3.05, 3.63) is 77.4 Å². The van der Waals surface area contributed by atoms with E-state index >= 15 is 0 Å². The van der Waals surface area contributed by atoms with Gasteiger partial charge in [0.2, 0.25) is 0 Å². The minimum Gasteiger partial charge on any atom is -0.324 e. The first kappa shape index (κ1) is 20.7. The number of nitrogens with zero attached hydrogens (tertiary/aromatic N) is 1. The van der Waals surface area contributed by atoms with Crippen molar-refractivity contribution >= 4 is 13.8 Å². The molecule has 0 atom stereocenters. The first-order chi connectivity index (χ1) is 12.4. The monoisotopic (exact) mass is 365 g/mol. The molecule has 2 rings (SSSR count). The topological polar surface area (TPSA) is 3.24 Å². The van der Waals surface area contributed by atoms with E-state index in [0.29, 0.717) is 0 Å². The summed E-state index contributed by atoms with van der Waals surface area (Å²) in [5.74, 6) is 0. The van der Waals surface area contributed by atoms with Crippen LogP contribution in [-0.4, -0.2) is 25.9 Å². The molecule has 2 aromatic rings. The van der Waals surface area contributed by atoms with Crippen LogP contribution in [0.2, 0.25) is 19.1 Å². The third-order valence-corrected chi connectivity index (χ3v) is 9.50. The number of hydrogen-bond donors (Lipinski definition) is 0. The minimum absolute atomic E-state index is 1.10. The van der Waals surface area contributed by atoms with E-state index in [1.54, 1.807) is 0 Å². The Kier molecular flexibility index (Phi) is 7.42. The van der Waals surface area contributed by atoms with Gasteiger partial charge >= 0.3 is 0 Å². The summed E-state index contributed by atoms with van der Waals surface area (Å²) in [4.78, 5) is 0. The van der Waals surface area contributed by atoms with Crippen LogP contribution in [-0.2, 0) is 6.42 Å². The summed E-state index contributed by atoms with van der Waals surface area (Å²) in [7, 11) is -1.24. The Bertz CT molecular complexity index is 694. The van der Waals surface area contributed by atoms with Crippen molar-refractivity contribution in [3.8, 4) is 0 Å². The van der Waals surface area contributed by atoms with Crippen LogP contribution in [0.15, 0.2) is 55.1 Å². The number of rotatable bonds is 9. The first-order valence-electron chi connectivity index (χ1n) is 9.97. The van der Waals surface area contributed by atoms with Crippen LogP contribution in [0.1, 0.15) is 42.5 Å². The lowest BCUT2D eigenvalue weighted by Gasteiger charge is -2.35. The zero-order chi connectivity index (χ0) is 19.2. The highest BCUT2D eigenvalue weighted by Gasteiger charge is 2.26. The fraction of sp³-hybridized carbons (Fsp3) is 0.417. The SMILES string of the molecule is C=C(c1ccc(C)cc1)c1ccc(CCC[Si](C)(C)N(CC)CC)cc1. The highest BCUT2D eigenvalue weighted by atomic mass is 28.3. The molecule has 0 bridgehead atoms. The second-order valence-electron chi connectivity index (χ2n) is 7.88. The zero-order valence-electron chi connectivity index (χ0n) is 17.3. The van der Waals surface area contributed by atoms with Crippen molar-refractivity contribution in [2.75, 3.05) is 13.1 Å². The summed E-state index contributed by atoms with van der Waals surface area (Å²) in [6, 6.07) is 19.0. The molecule has 0 fully saturated rings. The molecule has 0 amide bonds. The molecular weight excluding hydrogens is 330 g/mol. The quantitative estimate of drug-likeness (QED) is 0.456. The largest absolute Gasteiger partial charge is 0.324 e. The van der Waals surface area contributed by atoms with Crippen molar-refractivity contribution in [1.82, 2.24) is 4.57 Å². The van der Waals surface area contributed by atoms with E-state index in [1.807, 2.05) is 0 Å². The highest BCUT2D eigenvalue weighted by Crippen LogP contribution is 2.23. The van der Waals surface area contributed by atoms with Gasteiger partial charge in [-0.2, -0.15) is 0 Å².